The summed E-state index contributed by atoms with van der Waals surface area (Å²) in [6.07, 6.45) is 0. The lowest BCUT2D eigenvalue weighted by Gasteiger charge is -1.97. The largest absolute Gasteiger partial charge is 0.226 e. The molecular formula is C14H11BrCl2NS+. The van der Waals surface area contributed by atoms with Gasteiger partial charge in [-0.1, -0.05) is 46.7 Å². The van der Waals surface area contributed by atoms with Gasteiger partial charge in [0.1, 0.15) is 4.70 Å². The maximum absolute atomic E-state index is 6.00. The summed E-state index contributed by atoms with van der Waals surface area (Å²) in [5.41, 5.74) is 4.51. The lowest BCUT2D eigenvalue weighted by atomic mass is 10.2. The van der Waals surface area contributed by atoms with Crippen LogP contribution < -0.4 is 4.57 Å². The van der Waals surface area contributed by atoms with E-state index in [1.54, 1.807) is 11.3 Å². The molecule has 0 aliphatic rings. The topological polar surface area (TPSA) is 3.88 Å². The predicted octanol–water partition coefficient (Wildman–Crippen LogP) is 5.12. The molecule has 0 aliphatic carbocycles. The summed E-state index contributed by atoms with van der Waals surface area (Å²) in [6.45, 7) is 0.822. The zero-order chi connectivity index (χ0) is 12.5. The lowest BCUT2D eigenvalue weighted by molar-refractivity contribution is -0.658. The van der Waals surface area contributed by atoms with Crippen LogP contribution in [0.4, 0.5) is 0 Å². The lowest BCUT2D eigenvalue weighted by Crippen LogP contribution is -2.31. The molecule has 19 heavy (non-hydrogen) atoms. The molecule has 0 spiro atoms. The van der Waals surface area contributed by atoms with E-state index >= 15 is 0 Å². The van der Waals surface area contributed by atoms with Gasteiger partial charge < -0.3 is 0 Å². The Bertz CT molecular complexity index is 711. The van der Waals surface area contributed by atoms with Crippen molar-refractivity contribution in [1.29, 1.82) is 0 Å². The van der Waals surface area contributed by atoms with E-state index in [1.807, 2.05) is 30.3 Å². The van der Waals surface area contributed by atoms with Crippen LogP contribution in [0.3, 0.4) is 0 Å². The van der Waals surface area contributed by atoms with E-state index in [0.29, 0.717) is 0 Å². The fourth-order valence-corrected chi connectivity index (χ4v) is 3.33. The van der Waals surface area contributed by atoms with Crippen LogP contribution >= 0.6 is 51.5 Å². The maximum atomic E-state index is 6.00. The van der Waals surface area contributed by atoms with E-state index in [-0.39, 0.29) is 17.0 Å². The number of hydrogen-bond acceptors (Lipinski definition) is 1. The second-order valence-corrected chi connectivity index (χ2v) is 5.85. The molecule has 0 fully saturated rings. The van der Waals surface area contributed by atoms with Crippen LogP contribution in [0.5, 0.6) is 0 Å². The van der Waals surface area contributed by atoms with Crippen LogP contribution in [0.2, 0.25) is 10.0 Å². The highest BCUT2D eigenvalue weighted by atomic mass is 79.9. The molecule has 1 aromatic heterocycles. The summed E-state index contributed by atoms with van der Waals surface area (Å²) in [4.78, 5) is 0. The molecule has 0 N–H and O–H groups in total. The number of fused-ring (bicyclic) bond motifs is 1. The molecular weight excluding hydrogens is 365 g/mol. The van der Waals surface area contributed by atoms with Crippen molar-refractivity contribution in [3.63, 3.8) is 0 Å². The minimum atomic E-state index is 0. The highest BCUT2D eigenvalue weighted by Gasteiger charge is 2.12. The van der Waals surface area contributed by atoms with Gasteiger partial charge in [0.05, 0.1) is 0 Å². The van der Waals surface area contributed by atoms with E-state index in [1.165, 1.54) is 15.8 Å². The highest BCUT2D eigenvalue weighted by molar-refractivity contribution is 8.93. The second-order valence-electron chi connectivity index (χ2n) is 4.09. The first-order valence-electron chi connectivity index (χ1n) is 5.53. The summed E-state index contributed by atoms with van der Waals surface area (Å²) >= 11 is 13.7. The fraction of sp³-hybridized carbons (Fsp3) is 0.0714. The second kappa shape index (κ2) is 6.23. The van der Waals surface area contributed by atoms with Crippen molar-refractivity contribution in [1.82, 2.24) is 0 Å². The summed E-state index contributed by atoms with van der Waals surface area (Å²) in [5.74, 6) is 0. The Morgan fingerprint density at radius 2 is 1.79 bits per heavy atom. The molecule has 3 rings (SSSR count). The Morgan fingerprint density at radius 3 is 2.58 bits per heavy atom. The van der Waals surface area contributed by atoms with Crippen molar-refractivity contribution in [3.05, 3.63) is 63.6 Å². The van der Waals surface area contributed by atoms with Crippen LogP contribution in [0.15, 0.2) is 48.0 Å². The van der Waals surface area contributed by atoms with Gasteiger partial charge in [-0.2, -0.15) is 4.57 Å². The normalized spacial score (nSPS) is 10.4. The van der Waals surface area contributed by atoms with Crippen LogP contribution in [0.25, 0.3) is 10.2 Å². The number of rotatable bonds is 2. The molecule has 0 saturated carbocycles. The van der Waals surface area contributed by atoms with Gasteiger partial charge in [0.25, 0.3) is 0 Å². The number of nitrogens with zero attached hydrogens (tertiary/aromatic N) is 1. The first kappa shape index (κ1) is 14.8. The van der Waals surface area contributed by atoms with Gasteiger partial charge in [0.15, 0.2) is 6.54 Å². The molecule has 5 heteroatoms. The van der Waals surface area contributed by atoms with E-state index in [0.717, 1.165) is 16.6 Å². The summed E-state index contributed by atoms with van der Waals surface area (Å²) < 4.78 is 3.41. The number of halogens is 3. The quantitative estimate of drug-likeness (QED) is 0.547. The Balaban J connectivity index is 0.00000133. The molecule has 1 nitrogen and oxygen atoms in total. The van der Waals surface area contributed by atoms with Crippen LogP contribution in [0, 0.1) is 0 Å². The predicted molar refractivity (Wildman–Crippen MR) is 87.9 cm³/mol. The Hall–Kier alpha value is -0.610. The van der Waals surface area contributed by atoms with E-state index in [2.05, 4.69) is 22.2 Å². The summed E-state index contributed by atoms with van der Waals surface area (Å²) in [5, 5.41) is 1.55. The Kier molecular flexibility index (Phi) is 4.85. The highest BCUT2D eigenvalue weighted by Crippen LogP contribution is 2.21. The van der Waals surface area contributed by atoms with Crippen molar-refractivity contribution in [2.45, 2.75) is 6.54 Å². The van der Waals surface area contributed by atoms with E-state index < -0.39 is 0 Å². The van der Waals surface area contributed by atoms with Crippen LogP contribution in [-0.2, 0) is 6.54 Å². The van der Waals surface area contributed by atoms with Gasteiger partial charge in [-0.25, -0.2) is 0 Å². The average Bonchev–Trinajstić information content (AvgIpc) is 2.72. The van der Waals surface area contributed by atoms with Gasteiger partial charge in [0, 0.05) is 21.7 Å². The Morgan fingerprint density at radius 1 is 1.00 bits per heavy atom. The minimum Gasteiger partial charge on any atom is -0.184 e. The number of benzene rings is 2. The first-order chi connectivity index (χ1) is 8.72. The third-order valence-electron chi connectivity index (χ3n) is 2.78. The van der Waals surface area contributed by atoms with Crippen molar-refractivity contribution < 1.29 is 4.57 Å². The minimum absolute atomic E-state index is 0. The van der Waals surface area contributed by atoms with E-state index in [9.17, 15) is 0 Å². The summed E-state index contributed by atoms with van der Waals surface area (Å²) in [6, 6.07) is 13.9. The molecule has 0 bridgehead atoms. The molecule has 0 saturated heterocycles. The first-order valence-corrected chi connectivity index (χ1v) is 7.16. The van der Waals surface area contributed by atoms with Crippen molar-refractivity contribution in [2.75, 3.05) is 0 Å². The molecule has 2 aromatic carbocycles. The molecule has 3 aromatic rings. The van der Waals surface area contributed by atoms with Gasteiger partial charge in [-0.3, -0.25) is 0 Å². The van der Waals surface area contributed by atoms with Gasteiger partial charge >= 0.3 is 0 Å². The van der Waals surface area contributed by atoms with Crippen molar-refractivity contribution in [2.24, 2.45) is 0 Å². The third kappa shape index (κ3) is 3.29. The molecule has 0 atom stereocenters. The zero-order valence-electron chi connectivity index (χ0n) is 9.85. The molecule has 0 amide bonds. The molecule has 0 aliphatic heterocycles. The number of hydrogen-bond donors (Lipinski definition) is 0. The van der Waals surface area contributed by atoms with Crippen LogP contribution in [-0.4, -0.2) is 0 Å². The number of aromatic nitrogens is 1. The van der Waals surface area contributed by atoms with Crippen LogP contribution in [0.1, 0.15) is 5.56 Å². The molecule has 1 heterocycles. The average molecular weight is 376 g/mol. The van der Waals surface area contributed by atoms with Gasteiger partial charge in [-0.15, -0.1) is 17.0 Å². The van der Waals surface area contributed by atoms with E-state index in [4.69, 9.17) is 23.2 Å². The smallest absolute Gasteiger partial charge is 0.184 e. The number of thiazole rings is 1. The standard InChI is InChI=1S/C14H10Cl2NS.BrH/c15-11-3-1-2-10(6-11)8-17-9-18-14-7-12(16)4-5-13(14)17;/h1-7,9H,8H2;1H/q+1;. The molecule has 98 valence electrons. The monoisotopic (exact) mass is 374 g/mol. The fourth-order valence-electron chi connectivity index (χ4n) is 1.95. The van der Waals surface area contributed by atoms with Gasteiger partial charge in [-0.05, 0) is 24.3 Å². The molecule has 0 unspecified atom stereocenters. The van der Waals surface area contributed by atoms with Gasteiger partial charge in [0.2, 0.25) is 11.0 Å². The summed E-state index contributed by atoms with van der Waals surface area (Å²) in [7, 11) is 0. The molecule has 0 radical (unpaired) electrons. The van der Waals surface area contributed by atoms with Crippen molar-refractivity contribution >= 4 is 61.7 Å². The Labute approximate surface area is 136 Å². The third-order valence-corrected chi connectivity index (χ3v) is 4.19. The zero-order valence-corrected chi connectivity index (χ0v) is 13.9. The maximum Gasteiger partial charge on any atom is 0.226 e. The SMILES string of the molecule is Br.Clc1cccc(C[n+]2csc3cc(Cl)ccc32)c1. The van der Waals surface area contributed by atoms with Crippen molar-refractivity contribution in [3.8, 4) is 0 Å².